The van der Waals surface area contributed by atoms with Crippen LogP contribution >= 0.6 is 11.8 Å². The van der Waals surface area contributed by atoms with Crippen molar-refractivity contribution in [3.05, 3.63) is 58.9 Å². The first-order valence-electron chi connectivity index (χ1n) is 7.13. The molecule has 0 unspecified atom stereocenters. The Balaban J connectivity index is 1.69. The summed E-state index contributed by atoms with van der Waals surface area (Å²) in [5.41, 5.74) is 2.38. The van der Waals surface area contributed by atoms with E-state index >= 15 is 0 Å². The number of carbonyl (C=O) groups is 2. The van der Waals surface area contributed by atoms with Gasteiger partial charge in [0.2, 0.25) is 5.91 Å². The van der Waals surface area contributed by atoms with Crippen molar-refractivity contribution < 1.29 is 14.0 Å². The summed E-state index contributed by atoms with van der Waals surface area (Å²) in [6, 6.07) is 10.1. The first-order chi connectivity index (χ1) is 11.0. The Bertz CT molecular complexity index is 792. The number of benzene rings is 2. The monoisotopic (exact) mass is 330 g/mol. The Hall–Kier alpha value is -2.34. The zero-order valence-electron chi connectivity index (χ0n) is 12.5. The molecule has 0 aliphatic carbocycles. The molecule has 118 valence electrons. The van der Waals surface area contributed by atoms with Crippen molar-refractivity contribution in [2.24, 2.45) is 0 Å². The minimum atomic E-state index is -0.287. The average molecular weight is 330 g/mol. The van der Waals surface area contributed by atoms with Crippen molar-refractivity contribution in [1.29, 1.82) is 0 Å². The minimum Gasteiger partial charge on any atom is -0.348 e. The quantitative estimate of drug-likeness (QED) is 0.909. The number of carbonyl (C=O) groups excluding carboxylic acids is 2. The molecule has 0 spiro atoms. The zero-order chi connectivity index (χ0) is 16.4. The number of amides is 2. The van der Waals surface area contributed by atoms with Crippen LogP contribution in [0.25, 0.3) is 0 Å². The number of rotatable bonds is 3. The molecule has 0 atom stereocenters. The van der Waals surface area contributed by atoms with E-state index in [4.69, 9.17) is 0 Å². The average Bonchev–Trinajstić information content (AvgIpc) is 2.55. The maximum Gasteiger partial charge on any atom is 0.251 e. The largest absolute Gasteiger partial charge is 0.348 e. The van der Waals surface area contributed by atoms with Crippen molar-refractivity contribution in [1.82, 2.24) is 5.32 Å². The molecule has 4 nitrogen and oxygen atoms in total. The van der Waals surface area contributed by atoms with E-state index in [0.717, 1.165) is 4.90 Å². The second-order valence-electron chi connectivity index (χ2n) is 5.31. The Morgan fingerprint density at radius 1 is 1.30 bits per heavy atom. The van der Waals surface area contributed by atoms with Gasteiger partial charge in [0.25, 0.3) is 5.91 Å². The van der Waals surface area contributed by atoms with E-state index in [1.54, 1.807) is 31.2 Å². The number of aryl methyl sites for hydroxylation is 1. The SMILES string of the molecule is Cc1ccc(CNC(=O)c2ccc3c(c2)NC(=O)CS3)cc1F. The summed E-state index contributed by atoms with van der Waals surface area (Å²) in [6.07, 6.45) is 0. The highest BCUT2D eigenvalue weighted by Crippen LogP contribution is 2.31. The van der Waals surface area contributed by atoms with Gasteiger partial charge in [-0.25, -0.2) is 4.39 Å². The van der Waals surface area contributed by atoms with Crippen LogP contribution in [0.4, 0.5) is 10.1 Å². The number of anilines is 1. The Kier molecular flexibility index (Phi) is 4.34. The van der Waals surface area contributed by atoms with E-state index in [0.29, 0.717) is 28.1 Å². The number of halogens is 1. The molecule has 0 saturated heterocycles. The van der Waals surface area contributed by atoms with Crippen molar-refractivity contribution in [3.8, 4) is 0 Å². The summed E-state index contributed by atoms with van der Waals surface area (Å²) in [7, 11) is 0. The fraction of sp³-hybridized carbons (Fsp3) is 0.176. The molecule has 2 amide bonds. The van der Waals surface area contributed by atoms with E-state index in [1.807, 2.05) is 6.07 Å². The maximum absolute atomic E-state index is 13.5. The standard InChI is InChI=1S/C17H15FN2O2S/c1-10-2-3-11(6-13(10)18)8-19-17(22)12-4-5-15-14(7-12)20-16(21)9-23-15/h2-7H,8-9H2,1H3,(H,19,22)(H,20,21). The molecule has 2 N–H and O–H groups in total. The van der Waals surface area contributed by atoms with Gasteiger partial charge in [0.05, 0.1) is 11.4 Å². The van der Waals surface area contributed by atoms with Gasteiger partial charge in [-0.15, -0.1) is 11.8 Å². The smallest absolute Gasteiger partial charge is 0.251 e. The molecule has 0 radical (unpaired) electrons. The second kappa shape index (κ2) is 6.42. The lowest BCUT2D eigenvalue weighted by atomic mass is 10.1. The van der Waals surface area contributed by atoms with Crippen LogP contribution in [0.5, 0.6) is 0 Å². The Morgan fingerprint density at radius 3 is 2.91 bits per heavy atom. The lowest BCUT2D eigenvalue weighted by Crippen LogP contribution is -2.24. The van der Waals surface area contributed by atoms with Crippen LogP contribution in [0, 0.1) is 12.7 Å². The molecule has 3 rings (SSSR count). The molecule has 0 fully saturated rings. The molecule has 23 heavy (non-hydrogen) atoms. The molecule has 0 aromatic heterocycles. The highest BCUT2D eigenvalue weighted by molar-refractivity contribution is 8.00. The third-order valence-electron chi connectivity index (χ3n) is 3.56. The number of fused-ring (bicyclic) bond motifs is 1. The van der Waals surface area contributed by atoms with Crippen molar-refractivity contribution in [3.63, 3.8) is 0 Å². The molecule has 2 aromatic carbocycles. The molecule has 6 heteroatoms. The van der Waals surface area contributed by atoms with Crippen LogP contribution in [-0.4, -0.2) is 17.6 Å². The predicted octanol–water partition coefficient (Wildman–Crippen LogP) is 3.11. The normalized spacial score (nSPS) is 13.2. The van der Waals surface area contributed by atoms with E-state index in [1.165, 1.54) is 17.8 Å². The summed E-state index contributed by atoms with van der Waals surface area (Å²) in [4.78, 5) is 24.6. The molecule has 0 bridgehead atoms. The summed E-state index contributed by atoms with van der Waals surface area (Å²) in [6.45, 7) is 1.94. The minimum absolute atomic E-state index is 0.0739. The first-order valence-corrected chi connectivity index (χ1v) is 8.11. The van der Waals surface area contributed by atoms with E-state index in [9.17, 15) is 14.0 Å². The summed E-state index contributed by atoms with van der Waals surface area (Å²) >= 11 is 1.44. The van der Waals surface area contributed by atoms with E-state index < -0.39 is 0 Å². The summed E-state index contributed by atoms with van der Waals surface area (Å²) in [5.74, 6) is -0.239. The topological polar surface area (TPSA) is 58.2 Å². The van der Waals surface area contributed by atoms with Gasteiger partial charge in [-0.2, -0.15) is 0 Å². The summed E-state index contributed by atoms with van der Waals surface area (Å²) < 4.78 is 13.5. The fourth-order valence-corrected chi connectivity index (χ4v) is 3.04. The van der Waals surface area contributed by atoms with Crippen LogP contribution in [0.3, 0.4) is 0 Å². The Labute approximate surface area is 137 Å². The number of hydrogen-bond donors (Lipinski definition) is 2. The fourth-order valence-electron chi connectivity index (χ4n) is 2.26. The van der Waals surface area contributed by atoms with Crippen molar-refractivity contribution >= 4 is 29.3 Å². The second-order valence-corrected chi connectivity index (χ2v) is 6.33. The Morgan fingerprint density at radius 2 is 2.13 bits per heavy atom. The van der Waals surface area contributed by atoms with Gasteiger partial charge < -0.3 is 10.6 Å². The number of thioether (sulfide) groups is 1. The van der Waals surface area contributed by atoms with Gasteiger partial charge in [0.15, 0.2) is 0 Å². The maximum atomic E-state index is 13.5. The van der Waals surface area contributed by atoms with Crippen LogP contribution in [0.1, 0.15) is 21.5 Å². The van der Waals surface area contributed by atoms with Gasteiger partial charge in [0, 0.05) is 17.0 Å². The molecular weight excluding hydrogens is 315 g/mol. The van der Waals surface area contributed by atoms with Crippen molar-refractivity contribution in [2.75, 3.05) is 11.1 Å². The molecule has 1 aliphatic rings. The lowest BCUT2D eigenvalue weighted by Gasteiger charge is -2.17. The van der Waals surface area contributed by atoms with E-state index in [2.05, 4.69) is 10.6 Å². The van der Waals surface area contributed by atoms with Gasteiger partial charge in [-0.3, -0.25) is 9.59 Å². The van der Waals surface area contributed by atoms with Crippen LogP contribution in [-0.2, 0) is 11.3 Å². The number of hydrogen-bond acceptors (Lipinski definition) is 3. The third-order valence-corrected chi connectivity index (χ3v) is 4.64. The van der Waals surface area contributed by atoms with Crippen molar-refractivity contribution in [2.45, 2.75) is 18.4 Å². The first kappa shape index (κ1) is 15.6. The molecular formula is C17H15FN2O2S. The van der Waals surface area contributed by atoms with Gasteiger partial charge >= 0.3 is 0 Å². The highest BCUT2D eigenvalue weighted by Gasteiger charge is 2.17. The molecule has 2 aromatic rings. The summed E-state index contributed by atoms with van der Waals surface area (Å²) in [5, 5.41) is 5.51. The molecule has 0 saturated carbocycles. The zero-order valence-corrected chi connectivity index (χ0v) is 13.3. The highest BCUT2D eigenvalue weighted by atomic mass is 32.2. The van der Waals surface area contributed by atoms with Gasteiger partial charge in [0.1, 0.15) is 5.82 Å². The van der Waals surface area contributed by atoms with Crippen LogP contribution in [0.2, 0.25) is 0 Å². The lowest BCUT2D eigenvalue weighted by molar-refractivity contribution is -0.113. The van der Waals surface area contributed by atoms with Gasteiger partial charge in [-0.05, 0) is 42.3 Å². The van der Waals surface area contributed by atoms with Crippen LogP contribution < -0.4 is 10.6 Å². The molecule has 1 heterocycles. The number of nitrogens with one attached hydrogen (secondary N) is 2. The van der Waals surface area contributed by atoms with E-state index in [-0.39, 0.29) is 24.2 Å². The predicted molar refractivity (Wildman–Crippen MR) is 88.1 cm³/mol. The van der Waals surface area contributed by atoms with Gasteiger partial charge in [-0.1, -0.05) is 12.1 Å². The molecule has 1 aliphatic heterocycles. The third kappa shape index (κ3) is 3.53. The van der Waals surface area contributed by atoms with Crippen LogP contribution in [0.15, 0.2) is 41.3 Å².